The summed E-state index contributed by atoms with van der Waals surface area (Å²) in [5.41, 5.74) is -0.801. The van der Waals surface area contributed by atoms with Crippen LogP contribution in [0.2, 0.25) is 5.02 Å². The lowest BCUT2D eigenvalue weighted by atomic mass is 10.2. The highest BCUT2D eigenvalue weighted by Gasteiger charge is 2.33. The molecule has 0 fully saturated rings. The second kappa shape index (κ2) is 5.93. The van der Waals surface area contributed by atoms with Crippen LogP contribution in [0.1, 0.15) is 5.56 Å². The molecule has 100 valence electrons. The summed E-state index contributed by atoms with van der Waals surface area (Å²) in [6, 6.07) is 11.5. The first-order valence-electron chi connectivity index (χ1n) is 5.16. The maximum atomic E-state index is 12.7. The van der Waals surface area contributed by atoms with Crippen molar-refractivity contribution in [3.63, 3.8) is 0 Å². The minimum absolute atomic E-state index is 0.278. The van der Waals surface area contributed by atoms with Gasteiger partial charge >= 0.3 is 6.18 Å². The van der Waals surface area contributed by atoms with E-state index in [2.05, 4.69) is 22.6 Å². The molecule has 0 amide bonds. The van der Waals surface area contributed by atoms with Gasteiger partial charge in [0.2, 0.25) is 0 Å². The van der Waals surface area contributed by atoms with Crippen molar-refractivity contribution >= 4 is 46.0 Å². The Balaban J connectivity index is 2.29. The molecule has 2 rings (SSSR count). The Bertz CT molecular complexity index is 581. The van der Waals surface area contributed by atoms with Gasteiger partial charge in [-0.05, 0) is 65.1 Å². The summed E-state index contributed by atoms with van der Waals surface area (Å²) in [6.07, 6.45) is -4.43. The van der Waals surface area contributed by atoms with E-state index in [4.69, 9.17) is 11.6 Å². The lowest BCUT2D eigenvalue weighted by Crippen LogP contribution is -2.05. The van der Waals surface area contributed by atoms with Crippen LogP contribution >= 0.6 is 46.0 Å². The summed E-state index contributed by atoms with van der Waals surface area (Å²) in [4.78, 5) is 1.40. The molecule has 2 aromatic rings. The van der Waals surface area contributed by atoms with Gasteiger partial charge in [-0.2, -0.15) is 13.2 Å². The molecule has 0 radical (unpaired) electrons. The van der Waals surface area contributed by atoms with E-state index >= 15 is 0 Å². The molecule has 0 aliphatic rings. The molecular weight excluding hydrogens is 408 g/mol. The lowest BCUT2D eigenvalue weighted by molar-refractivity contribution is -0.137. The maximum Gasteiger partial charge on any atom is 0.417 e. The molecule has 0 aliphatic heterocycles. The van der Waals surface area contributed by atoms with Gasteiger partial charge in [-0.1, -0.05) is 23.4 Å². The highest BCUT2D eigenvalue weighted by atomic mass is 127. The predicted octanol–water partition coefficient (Wildman–Crippen LogP) is 6.11. The Morgan fingerprint density at radius 3 is 2.11 bits per heavy atom. The molecule has 0 N–H and O–H groups in total. The summed E-state index contributed by atoms with van der Waals surface area (Å²) in [5, 5.41) is -0.278. The van der Waals surface area contributed by atoms with Gasteiger partial charge in [-0.3, -0.25) is 0 Å². The number of halogens is 5. The molecule has 0 saturated heterocycles. The minimum atomic E-state index is -4.43. The van der Waals surface area contributed by atoms with Gasteiger partial charge in [0.25, 0.3) is 0 Å². The molecule has 0 saturated carbocycles. The van der Waals surface area contributed by atoms with Gasteiger partial charge < -0.3 is 0 Å². The molecular formula is C13H7ClF3IS. The summed E-state index contributed by atoms with van der Waals surface area (Å²) < 4.78 is 39.3. The quantitative estimate of drug-likeness (QED) is 0.534. The average Bonchev–Trinajstić information content (AvgIpc) is 2.33. The van der Waals surface area contributed by atoms with Crippen molar-refractivity contribution in [2.45, 2.75) is 16.0 Å². The molecule has 0 atom stereocenters. The standard InChI is InChI=1S/C13H7ClF3IS/c14-12-6-5-10(7-11(12)13(15,16)17)19-9-3-1-8(18)2-4-9/h1-7H. The third-order valence-electron chi connectivity index (χ3n) is 2.29. The van der Waals surface area contributed by atoms with Crippen LogP contribution in [0.5, 0.6) is 0 Å². The molecule has 0 aromatic heterocycles. The smallest absolute Gasteiger partial charge is 0.166 e. The fourth-order valence-electron chi connectivity index (χ4n) is 1.42. The van der Waals surface area contributed by atoms with Crippen molar-refractivity contribution < 1.29 is 13.2 Å². The molecule has 19 heavy (non-hydrogen) atoms. The Kier molecular flexibility index (Phi) is 4.68. The van der Waals surface area contributed by atoms with Gasteiger partial charge in [0.05, 0.1) is 10.6 Å². The number of hydrogen-bond donors (Lipinski definition) is 0. The monoisotopic (exact) mass is 414 g/mol. The van der Waals surface area contributed by atoms with Crippen LogP contribution in [0.4, 0.5) is 13.2 Å². The van der Waals surface area contributed by atoms with Crippen LogP contribution in [-0.2, 0) is 6.18 Å². The van der Waals surface area contributed by atoms with E-state index in [1.165, 1.54) is 17.8 Å². The molecule has 0 nitrogen and oxygen atoms in total. The summed E-state index contributed by atoms with van der Waals surface area (Å²) in [6.45, 7) is 0. The lowest BCUT2D eigenvalue weighted by Gasteiger charge is -2.10. The molecule has 0 aliphatic carbocycles. The summed E-state index contributed by atoms with van der Waals surface area (Å²) >= 11 is 9.02. The zero-order chi connectivity index (χ0) is 14.0. The summed E-state index contributed by atoms with van der Waals surface area (Å²) in [5.74, 6) is 0. The third-order valence-corrected chi connectivity index (χ3v) is 4.34. The molecule has 0 bridgehead atoms. The second-order valence-corrected chi connectivity index (χ2v) is 6.50. The van der Waals surface area contributed by atoms with Crippen molar-refractivity contribution in [3.8, 4) is 0 Å². The average molecular weight is 415 g/mol. The number of rotatable bonds is 2. The highest BCUT2D eigenvalue weighted by Crippen LogP contribution is 2.38. The highest BCUT2D eigenvalue weighted by molar-refractivity contribution is 14.1. The van der Waals surface area contributed by atoms with Crippen molar-refractivity contribution in [2.75, 3.05) is 0 Å². The van der Waals surface area contributed by atoms with Crippen molar-refractivity contribution in [1.82, 2.24) is 0 Å². The van der Waals surface area contributed by atoms with Crippen LogP contribution in [0.25, 0.3) is 0 Å². The van der Waals surface area contributed by atoms with Gasteiger partial charge in [0, 0.05) is 13.4 Å². The SMILES string of the molecule is FC(F)(F)c1cc(Sc2ccc(I)cc2)ccc1Cl. The zero-order valence-electron chi connectivity index (χ0n) is 9.34. The van der Waals surface area contributed by atoms with Crippen LogP contribution in [0.3, 0.4) is 0 Å². The number of benzene rings is 2. The van der Waals surface area contributed by atoms with Crippen LogP contribution in [0.15, 0.2) is 52.3 Å². The molecule has 0 spiro atoms. The van der Waals surface area contributed by atoms with Crippen LogP contribution in [0, 0.1) is 3.57 Å². The van der Waals surface area contributed by atoms with E-state index in [-0.39, 0.29) is 5.02 Å². The Hall–Kier alpha value is -0.400. The summed E-state index contributed by atoms with van der Waals surface area (Å²) in [7, 11) is 0. The number of alkyl halides is 3. The van der Waals surface area contributed by atoms with E-state index in [9.17, 15) is 13.2 Å². The zero-order valence-corrected chi connectivity index (χ0v) is 13.1. The Morgan fingerprint density at radius 2 is 1.53 bits per heavy atom. The van der Waals surface area contributed by atoms with Crippen molar-refractivity contribution in [2.24, 2.45) is 0 Å². The largest absolute Gasteiger partial charge is 0.417 e. The maximum absolute atomic E-state index is 12.7. The molecule has 6 heteroatoms. The van der Waals surface area contributed by atoms with E-state index in [0.717, 1.165) is 14.5 Å². The fourth-order valence-corrected chi connectivity index (χ4v) is 2.87. The first-order valence-corrected chi connectivity index (χ1v) is 7.44. The second-order valence-electron chi connectivity index (χ2n) is 3.70. The first-order chi connectivity index (χ1) is 8.86. The Morgan fingerprint density at radius 1 is 0.947 bits per heavy atom. The van der Waals surface area contributed by atoms with Gasteiger partial charge in [-0.25, -0.2) is 0 Å². The van der Waals surface area contributed by atoms with E-state index in [1.807, 2.05) is 24.3 Å². The van der Waals surface area contributed by atoms with Gasteiger partial charge in [-0.15, -0.1) is 0 Å². The van der Waals surface area contributed by atoms with E-state index < -0.39 is 11.7 Å². The van der Waals surface area contributed by atoms with Gasteiger partial charge in [0.1, 0.15) is 0 Å². The molecule has 2 aromatic carbocycles. The van der Waals surface area contributed by atoms with Crippen molar-refractivity contribution in [1.29, 1.82) is 0 Å². The molecule has 0 unspecified atom stereocenters. The third kappa shape index (κ3) is 4.03. The fraction of sp³-hybridized carbons (Fsp3) is 0.0769. The number of hydrogen-bond acceptors (Lipinski definition) is 1. The van der Waals surface area contributed by atoms with Crippen molar-refractivity contribution in [3.05, 3.63) is 56.6 Å². The van der Waals surface area contributed by atoms with Gasteiger partial charge in [0.15, 0.2) is 0 Å². The van der Waals surface area contributed by atoms with E-state index in [0.29, 0.717) is 4.90 Å². The topological polar surface area (TPSA) is 0 Å². The molecule has 0 heterocycles. The van der Waals surface area contributed by atoms with E-state index in [1.54, 1.807) is 6.07 Å². The minimum Gasteiger partial charge on any atom is -0.166 e. The first kappa shape index (κ1) is 15.0. The predicted molar refractivity (Wildman–Crippen MR) is 79.7 cm³/mol. The van der Waals surface area contributed by atoms with Crippen LogP contribution < -0.4 is 0 Å². The Labute approximate surface area is 131 Å². The van der Waals surface area contributed by atoms with Crippen LogP contribution in [-0.4, -0.2) is 0 Å². The normalized spacial score (nSPS) is 11.6.